The highest BCUT2D eigenvalue weighted by molar-refractivity contribution is 5.16. The Hall–Kier alpha value is -1.01. The standard InChI is InChI=1S/C15H25F3N2O/c1-4-19-14(12(2)3)13-6-8-20(10-13)7-5-9-21-11-15(16,17)18/h6,8,10,12,14,19H,4-5,7,9,11H2,1-3H3. The summed E-state index contributed by atoms with van der Waals surface area (Å²) < 4.78 is 42.3. The van der Waals surface area contributed by atoms with E-state index in [1.807, 2.05) is 10.8 Å². The lowest BCUT2D eigenvalue weighted by Crippen LogP contribution is -2.25. The van der Waals surface area contributed by atoms with Gasteiger partial charge in [0.2, 0.25) is 0 Å². The second kappa shape index (κ2) is 8.44. The maximum absolute atomic E-state index is 11.9. The molecule has 1 N–H and O–H groups in total. The van der Waals surface area contributed by atoms with Gasteiger partial charge in [-0.1, -0.05) is 20.8 Å². The first-order valence-corrected chi connectivity index (χ1v) is 7.37. The molecule has 6 heteroatoms. The van der Waals surface area contributed by atoms with E-state index in [4.69, 9.17) is 0 Å². The number of nitrogens with zero attached hydrogens (tertiary/aromatic N) is 1. The number of aryl methyl sites for hydroxylation is 1. The summed E-state index contributed by atoms with van der Waals surface area (Å²) in [5, 5.41) is 3.44. The number of rotatable bonds is 9. The molecule has 0 aromatic carbocycles. The van der Waals surface area contributed by atoms with Crippen LogP contribution in [0.5, 0.6) is 0 Å². The Balaban J connectivity index is 2.37. The molecule has 1 heterocycles. The fraction of sp³-hybridized carbons (Fsp3) is 0.733. The number of hydrogen-bond acceptors (Lipinski definition) is 2. The van der Waals surface area contributed by atoms with Crippen LogP contribution >= 0.6 is 0 Å². The lowest BCUT2D eigenvalue weighted by molar-refractivity contribution is -0.174. The van der Waals surface area contributed by atoms with Gasteiger partial charge in [-0.3, -0.25) is 0 Å². The molecule has 1 unspecified atom stereocenters. The topological polar surface area (TPSA) is 26.2 Å². The third kappa shape index (κ3) is 7.00. The molecular formula is C15H25F3N2O. The Morgan fingerprint density at radius 2 is 2.05 bits per heavy atom. The molecule has 1 aromatic heterocycles. The molecule has 122 valence electrons. The van der Waals surface area contributed by atoms with Crippen LogP contribution in [-0.2, 0) is 11.3 Å². The average molecular weight is 306 g/mol. The van der Waals surface area contributed by atoms with Crippen LogP contribution in [-0.4, -0.2) is 30.5 Å². The van der Waals surface area contributed by atoms with Crippen LogP contribution in [0.15, 0.2) is 18.5 Å². The van der Waals surface area contributed by atoms with Crippen LogP contribution in [0.4, 0.5) is 13.2 Å². The molecule has 3 nitrogen and oxygen atoms in total. The summed E-state index contributed by atoms with van der Waals surface area (Å²) >= 11 is 0. The lowest BCUT2D eigenvalue weighted by atomic mass is 9.98. The first-order chi connectivity index (χ1) is 9.83. The van der Waals surface area contributed by atoms with Crippen LogP contribution in [0.25, 0.3) is 0 Å². The van der Waals surface area contributed by atoms with Gasteiger partial charge in [0.1, 0.15) is 6.61 Å². The number of hydrogen-bond donors (Lipinski definition) is 1. The zero-order valence-corrected chi connectivity index (χ0v) is 12.9. The van der Waals surface area contributed by atoms with E-state index < -0.39 is 12.8 Å². The van der Waals surface area contributed by atoms with Gasteiger partial charge in [-0.25, -0.2) is 0 Å². The molecule has 1 atom stereocenters. The molecule has 0 aliphatic heterocycles. The van der Waals surface area contributed by atoms with Crippen molar-refractivity contribution in [3.8, 4) is 0 Å². The van der Waals surface area contributed by atoms with Crippen molar-refractivity contribution >= 4 is 0 Å². The summed E-state index contributed by atoms with van der Waals surface area (Å²) in [7, 11) is 0. The summed E-state index contributed by atoms with van der Waals surface area (Å²) in [6.07, 6.45) is 0.345. The first-order valence-electron chi connectivity index (χ1n) is 7.37. The molecule has 0 fully saturated rings. The normalized spacial score (nSPS) is 13.9. The van der Waals surface area contributed by atoms with E-state index in [1.54, 1.807) is 0 Å². The smallest absolute Gasteiger partial charge is 0.372 e. The van der Waals surface area contributed by atoms with Gasteiger partial charge in [-0.05, 0) is 30.5 Å². The average Bonchev–Trinajstić information content (AvgIpc) is 2.82. The number of ether oxygens (including phenoxy) is 1. The van der Waals surface area contributed by atoms with Crippen molar-refractivity contribution in [2.24, 2.45) is 5.92 Å². The van der Waals surface area contributed by atoms with Gasteiger partial charge < -0.3 is 14.6 Å². The molecule has 0 aliphatic rings. The number of alkyl halides is 3. The van der Waals surface area contributed by atoms with Gasteiger partial charge in [0.15, 0.2) is 0 Å². The second-order valence-electron chi connectivity index (χ2n) is 5.48. The highest BCUT2D eigenvalue weighted by atomic mass is 19.4. The number of nitrogens with one attached hydrogen (secondary N) is 1. The Labute approximate surface area is 124 Å². The Bertz CT molecular complexity index is 402. The van der Waals surface area contributed by atoms with Crippen molar-refractivity contribution in [3.05, 3.63) is 24.0 Å². The molecule has 0 amide bonds. The van der Waals surface area contributed by atoms with Gasteiger partial charge in [-0.15, -0.1) is 0 Å². The largest absolute Gasteiger partial charge is 0.411 e. The molecule has 0 saturated carbocycles. The van der Waals surface area contributed by atoms with Gasteiger partial charge in [0.25, 0.3) is 0 Å². The van der Waals surface area contributed by atoms with Gasteiger partial charge >= 0.3 is 6.18 Å². The first kappa shape index (κ1) is 18.0. The lowest BCUT2D eigenvalue weighted by Gasteiger charge is -2.20. The highest BCUT2D eigenvalue weighted by Crippen LogP contribution is 2.22. The minimum atomic E-state index is -4.24. The highest BCUT2D eigenvalue weighted by Gasteiger charge is 2.27. The fourth-order valence-corrected chi connectivity index (χ4v) is 2.28. The van der Waals surface area contributed by atoms with Crippen LogP contribution in [0.3, 0.4) is 0 Å². The fourth-order valence-electron chi connectivity index (χ4n) is 2.28. The molecule has 0 spiro atoms. The van der Waals surface area contributed by atoms with Crippen LogP contribution in [0.2, 0.25) is 0 Å². The van der Waals surface area contributed by atoms with E-state index in [1.165, 1.54) is 5.56 Å². The van der Waals surface area contributed by atoms with E-state index in [2.05, 4.69) is 43.1 Å². The van der Waals surface area contributed by atoms with Crippen LogP contribution < -0.4 is 5.32 Å². The zero-order chi connectivity index (χ0) is 15.9. The molecule has 0 radical (unpaired) electrons. The van der Waals surface area contributed by atoms with Crippen molar-refractivity contribution in [1.29, 1.82) is 0 Å². The predicted molar refractivity (Wildman–Crippen MR) is 77.2 cm³/mol. The van der Waals surface area contributed by atoms with Gasteiger partial charge in [0.05, 0.1) is 0 Å². The van der Waals surface area contributed by atoms with Crippen molar-refractivity contribution in [2.45, 2.75) is 46.0 Å². The summed E-state index contributed by atoms with van der Waals surface area (Å²) in [5.41, 5.74) is 1.21. The Kier molecular flexibility index (Phi) is 7.25. The van der Waals surface area contributed by atoms with E-state index in [0.717, 1.165) is 6.54 Å². The van der Waals surface area contributed by atoms with Gasteiger partial charge in [-0.2, -0.15) is 13.2 Å². The van der Waals surface area contributed by atoms with Crippen molar-refractivity contribution < 1.29 is 17.9 Å². The van der Waals surface area contributed by atoms with Gasteiger partial charge in [0, 0.05) is 31.6 Å². The molecular weight excluding hydrogens is 281 g/mol. The molecule has 1 aromatic rings. The molecule has 0 bridgehead atoms. The quantitative estimate of drug-likeness (QED) is 0.703. The number of aromatic nitrogens is 1. The minimum Gasteiger partial charge on any atom is -0.372 e. The molecule has 21 heavy (non-hydrogen) atoms. The van der Waals surface area contributed by atoms with E-state index in [-0.39, 0.29) is 6.61 Å². The van der Waals surface area contributed by atoms with Crippen molar-refractivity contribution in [1.82, 2.24) is 9.88 Å². The Morgan fingerprint density at radius 3 is 2.62 bits per heavy atom. The zero-order valence-electron chi connectivity index (χ0n) is 12.9. The second-order valence-corrected chi connectivity index (χ2v) is 5.48. The van der Waals surface area contributed by atoms with E-state index in [9.17, 15) is 13.2 Å². The maximum atomic E-state index is 11.9. The summed E-state index contributed by atoms with van der Waals surface area (Å²) in [4.78, 5) is 0. The molecule has 0 aliphatic carbocycles. The maximum Gasteiger partial charge on any atom is 0.411 e. The summed E-state index contributed by atoms with van der Waals surface area (Å²) in [6.45, 7) is 6.91. The third-order valence-electron chi connectivity index (χ3n) is 3.19. The van der Waals surface area contributed by atoms with Crippen LogP contribution in [0, 0.1) is 5.92 Å². The Morgan fingerprint density at radius 1 is 1.33 bits per heavy atom. The monoisotopic (exact) mass is 306 g/mol. The molecule has 0 saturated heterocycles. The molecule has 1 rings (SSSR count). The predicted octanol–water partition coefficient (Wildman–Crippen LogP) is 3.76. The number of halogens is 3. The summed E-state index contributed by atoms with van der Waals surface area (Å²) in [6, 6.07) is 2.36. The van der Waals surface area contributed by atoms with E-state index >= 15 is 0 Å². The SMILES string of the molecule is CCNC(c1ccn(CCCOCC(F)(F)F)c1)C(C)C. The summed E-state index contributed by atoms with van der Waals surface area (Å²) in [5.74, 6) is 0.482. The van der Waals surface area contributed by atoms with Crippen molar-refractivity contribution in [3.63, 3.8) is 0 Å². The minimum absolute atomic E-state index is 0.119. The third-order valence-corrected chi connectivity index (χ3v) is 3.19. The van der Waals surface area contributed by atoms with E-state index in [0.29, 0.717) is 24.9 Å². The van der Waals surface area contributed by atoms with Crippen molar-refractivity contribution in [2.75, 3.05) is 19.8 Å². The van der Waals surface area contributed by atoms with Crippen LogP contribution in [0.1, 0.15) is 38.8 Å².